The van der Waals surface area contributed by atoms with Crippen molar-refractivity contribution in [2.75, 3.05) is 37.6 Å². The fourth-order valence-corrected chi connectivity index (χ4v) is 5.65. The van der Waals surface area contributed by atoms with Gasteiger partial charge in [0, 0.05) is 25.2 Å². The van der Waals surface area contributed by atoms with E-state index in [9.17, 15) is 14.3 Å². The third-order valence-electron chi connectivity index (χ3n) is 7.77. The largest absolute Gasteiger partial charge is 0.457 e. The number of halogens is 1. The quantitative estimate of drug-likeness (QED) is 0.718. The van der Waals surface area contributed by atoms with Crippen molar-refractivity contribution < 1.29 is 19.0 Å². The maximum Gasteiger partial charge on any atom is 0.338 e. The van der Waals surface area contributed by atoms with Gasteiger partial charge in [-0.3, -0.25) is 0 Å². The molecule has 0 bridgehead atoms. The van der Waals surface area contributed by atoms with E-state index in [1.165, 1.54) is 12.1 Å². The molecule has 0 radical (unpaired) electrons. The van der Waals surface area contributed by atoms with E-state index in [1.807, 2.05) is 13.0 Å². The molecule has 2 aromatic carbocycles. The lowest BCUT2D eigenvalue weighted by atomic mass is 9.77. The van der Waals surface area contributed by atoms with E-state index in [0.29, 0.717) is 23.4 Å². The fourth-order valence-electron chi connectivity index (χ4n) is 5.65. The highest BCUT2D eigenvalue weighted by atomic mass is 19.1. The first kappa shape index (κ1) is 21.9. The molecule has 172 valence electrons. The first-order chi connectivity index (χ1) is 15.9. The van der Waals surface area contributed by atoms with E-state index in [4.69, 9.17) is 10.00 Å². The van der Waals surface area contributed by atoms with E-state index < -0.39 is 6.10 Å². The van der Waals surface area contributed by atoms with E-state index in [1.54, 1.807) is 12.1 Å². The van der Waals surface area contributed by atoms with Gasteiger partial charge in [-0.1, -0.05) is 6.07 Å². The molecule has 5 rings (SSSR count). The van der Waals surface area contributed by atoms with Gasteiger partial charge in [-0.25, -0.2) is 9.18 Å². The molecule has 2 saturated heterocycles. The van der Waals surface area contributed by atoms with Crippen molar-refractivity contribution in [1.82, 2.24) is 4.90 Å². The molecule has 0 saturated carbocycles. The number of piperidine rings is 1. The number of nitrogens with zero attached hydrogens (tertiary/aromatic N) is 3. The summed E-state index contributed by atoms with van der Waals surface area (Å²) < 4.78 is 19.5. The van der Waals surface area contributed by atoms with Crippen LogP contribution in [0.4, 0.5) is 10.1 Å². The molecule has 33 heavy (non-hydrogen) atoms. The summed E-state index contributed by atoms with van der Waals surface area (Å²) in [7, 11) is 0. The second-order valence-electron chi connectivity index (χ2n) is 9.65. The van der Waals surface area contributed by atoms with Crippen LogP contribution in [-0.4, -0.2) is 48.7 Å². The van der Waals surface area contributed by atoms with Crippen LogP contribution in [0.25, 0.3) is 0 Å². The van der Waals surface area contributed by atoms with Crippen LogP contribution in [0.5, 0.6) is 0 Å². The SMILES string of the molecule is Cc1c(C(O)CN2CCC3(CC2)CCN(c2cc(C#N)ccc2F)C3)ccc2c1COC2=O. The zero-order valence-electron chi connectivity index (χ0n) is 18.8. The Morgan fingerprint density at radius 3 is 2.73 bits per heavy atom. The summed E-state index contributed by atoms with van der Waals surface area (Å²) in [5.74, 6) is -0.566. The average molecular weight is 450 g/mol. The Hall–Kier alpha value is -2.95. The smallest absolute Gasteiger partial charge is 0.338 e. The topological polar surface area (TPSA) is 76.8 Å². The van der Waals surface area contributed by atoms with Crippen LogP contribution in [0.2, 0.25) is 0 Å². The molecule has 0 aliphatic carbocycles. The molecule has 2 fully saturated rings. The van der Waals surface area contributed by atoms with Crippen LogP contribution < -0.4 is 4.90 Å². The maximum atomic E-state index is 14.4. The van der Waals surface area contributed by atoms with Crippen molar-refractivity contribution in [2.45, 2.75) is 38.9 Å². The second-order valence-corrected chi connectivity index (χ2v) is 9.65. The second kappa shape index (κ2) is 8.44. The zero-order valence-corrected chi connectivity index (χ0v) is 18.8. The molecule has 3 aliphatic rings. The molecular formula is C26H28FN3O3. The Kier molecular flexibility index (Phi) is 5.59. The van der Waals surface area contributed by atoms with E-state index in [0.717, 1.165) is 62.1 Å². The number of cyclic esters (lactones) is 1. The van der Waals surface area contributed by atoms with Gasteiger partial charge >= 0.3 is 5.97 Å². The minimum absolute atomic E-state index is 0.151. The lowest BCUT2D eigenvalue weighted by Crippen LogP contribution is -2.43. The van der Waals surface area contributed by atoms with Crippen molar-refractivity contribution in [3.63, 3.8) is 0 Å². The van der Waals surface area contributed by atoms with Crippen LogP contribution in [0.15, 0.2) is 30.3 Å². The highest BCUT2D eigenvalue weighted by Gasteiger charge is 2.41. The maximum absolute atomic E-state index is 14.4. The lowest BCUT2D eigenvalue weighted by Gasteiger charge is -2.40. The average Bonchev–Trinajstić information content (AvgIpc) is 3.40. The number of β-amino-alcohol motifs (C(OH)–C–C–N with tert-alkyl or cyclic N) is 1. The first-order valence-corrected chi connectivity index (χ1v) is 11.5. The molecule has 3 heterocycles. The third kappa shape index (κ3) is 3.98. The number of anilines is 1. The summed E-state index contributed by atoms with van der Waals surface area (Å²) in [5, 5.41) is 20.1. The molecule has 7 heteroatoms. The van der Waals surface area contributed by atoms with Gasteiger partial charge in [0.1, 0.15) is 12.4 Å². The molecule has 1 N–H and O–H groups in total. The van der Waals surface area contributed by atoms with Gasteiger partial charge in [-0.05, 0) is 80.1 Å². The molecule has 3 aliphatic heterocycles. The number of hydrogen-bond donors (Lipinski definition) is 1. The number of carbonyl (C=O) groups is 1. The van der Waals surface area contributed by atoms with Gasteiger partial charge in [-0.15, -0.1) is 0 Å². The van der Waals surface area contributed by atoms with Crippen LogP contribution in [0, 0.1) is 29.5 Å². The van der Waals surface area contributed by atoms with Crippen LogP contribution >= 0.6 is 0 Å². The summed E-state index contributed by atoms with van der Waals surface area (Å²) in [6, 6.07) is 10.2. The Balaban J connectivity index is 1.21. The van der Waals surface area contributed by atoms with E-state index in [2.05, 4.69) is 15.9 Å². The Labute approximate surface area is 193 Å². The monoisotopic (exact) mass is 449 g/mol. The number of ether oxygens (including phenoxy) is 1. The summed E-state index contributed by atoms with van der Waals surface area (Å²) in [4.78, 5) is 16.1. The minimum atomic E-state index is -0.622. The molecule has 1 unspecified atom stereocenters. The number of benzene rings is 2. The third-order valence-corrected chi connectivity index (χ3v) is 7.77. The number of hydrogen-bond acceptors (Lipinski definition) is 6. The standard InChI is InChI=1S/C26H28FN3O3/c1-17-19(3-4-20-21(17)15-33-25(20)32)24(31)14-29-9-6-26(7-10-29)8-11-30(16-26)23-12-18(13-28)2-5-22(23)27/h2-5,12,24,31H,6-11,14-16H2,1H3. The summed E-state index contributed by atoms with van der Waals surface area (Å²) in [6.07, 6.45) is 2.39. The van der Waals surface area contributed by atoms with Crippen molar-refractivity contribution in [3.8, 4) is 6.07 Å². The van der Waals surface area contributed by atoms with Gasteiger partial charge in [0.15, 0.2) is 0 Å². The molecule has 6 nitrogen and oxygen atoms in total. The van der Waals surface area contributed by atoms with Crippen LogP contribution in [-0.2, 0) is 11.3 Å². The number of fused-ring (bicyclic) bond motifs is 1. The van der Waals surface area contributed by atoms with Crippen molar-refractivity contribution >= 4 is 11.7 Å². The summed E-state index contributed by atoms with van der Waals surface area (Å²) in [5.41, 5.74) is 4.43. The molecule has 0 aromatic heterocycles. The number of esters is 1. The first-order valence-electron chi connectivity index (χ1n) is 11.5. The Morgan fingerprint density at radius 2 is 1.97 bits per heavy atom. The van der Waals surface area contributed by atoms with Gasteiger partial charge in [0.05, 0.1) is 29.0 Å². The minimum Gasteiger partial charge on any atom is -0.457 e. The number of aliphatic hydroxyl groups is 1. The molecule has 2 aromatic rings. The van der Waals surface area contributed by atoms with Gasteiger partial charge < -0.3 is 19.6 Å². The van der Waals surface area contributed by atoms with E-state index in [-0.39, 0.29) is 23.8 Å². The number of carbonyl (C=O) groups excluding carboxylic acids is 1. The van der Waals surface area contributed by atoms with Gasteiger partial charge in [0.25, 0.3) is 0 Å². The van der Waals surface area contributed by atoms with Crippen molar-refractivity contribution in [2.24, 2.45) is 5.41 Å². The molecular weight excluding hydrogens is 421 g/mol. The number of likely N-dealkylation sites (tertiary alicyclic amines) is 1. The number of aliphatic hydroxyl groups excluding tert-OH is 1. The van der Waals surface area contributed by atoms with Crippen molar-refractivity contribution in [3.05, 3.63) is 64.0 Å². The summed E-state index contributed by atoms with van der Waals surface area (Å²) in [6.45, 7) is 6.14. The highest BCUT2D eigenvalue weighted by Crippen LogP contribution is 2.43. The molecule has 1 atom stereocenters. The van der Waals surface area contributed by atoms with E-state index >= 15 is 0 Å². The molecule has 0 amide bonds. The highest BCUT2D eigenvalue weighted by molar-refractivity contribution is 5.93. The molecule has 1 spiro atoms. The van der Waals surface area contributed by atoms with Crippen LogP contribution in [0.1, 0.15) is 58.0 Å². The zero-order chi connectivity index (χ0) is 23.2. The fraction of sp³-hybridized carbons (Fsp3) is 0.462. The van der Waals surface area contributed by atoms with Gasteiger partial charge in [0.2, 0.25) is 0 Å². The number of nitriles is 1. The van der Waals surface area contributed by atoms with Gasteiger partial charge in [-0.2, -0.15) is 5.26 Å². The Morgan fingerprint density at radius 1 is 1.21 bits per heavy atom. The Bertz CT molecular complexity index is 1130. The predicted molar refractivity (Wildman–Crippen MR) is 121 cm³/mol. The summed E-state index contributed by atoms with van der Waals surface area (Å²) >= 11 is 0. The van der Waals surface area contributed by atoms with Crippen LogP contribution in [0.3, 0.4) is 0 Å². The number of rotatable bonds is 4. The lowest BCUT2D eigenvalue weighted by molar-refractivity contribution is 0.0534. The predicted octanol–water partition coefficient (Wildman–Crippen LogP) is 3.70. The van der Waals surface area contributed by atoms with Crippen molar-refractivity contribution in [1.29, 1.82) is 5.26 Å². The normalized spacial score (nSPS) is 20.5.